The second-order valence-corrected chi connectivity index (χ2v) is 3.50. The Morgan fingerprint density at radius 2 is 2.14 bits per heavy atom. The van der Waals surface area contributed by atoms with Gasteiger partial charge in [0.15, 0.2) is 0 Å². The SMILES string of the molecule is CCOC(=O)C1CCCCC1[N+](=O)[O-]. The maximum Gasteiger partial charge on any atom is 0.315 e. The van der Waals surface area contributed by atoms with Gasteiger partial charge in [0.05, 0.1) is 6.61 Å². The predicted molar refractivity (Wildman–Crippen MR) is 49.4 cm³/mol. The van der Waals surface area contributed by atoms with E-state index in [4.69, 9.17) is 4.74 Å². The average Bonchev–Trinajstić information content (AvgIpc) is 2.18. The van der Waals surface area contributed by atoms with Crippen LogP contribution in [0, 0.1) is 16.0 Å². The van der Waals surface area contributed by atoms with Gasteiger partial charge in [0.2, 0.25) is 6.04 Å². The molecule has 5 heteroatoms. The fraction of sp³-hybridized carbons (Fsp3) is 0.889. The molecule has 80 valence electrons. The van der Waals surface area contributed by atoms with E-state index in [1.165, 1.54) is 0 Å². The molecule has 1 fully saturated rings. The van der Waals surface area contributed by atoms with Gasteiger partial charge >= 0.3 is 5.97 Å². The van der Waals surface area contributed by atoms with Crippen molar-refractivity contribution >= 4 is 5.97 Å². The number of nitrogens with zero attached hydrogens (tertiary/aromatic N) is 1. The maximum absolute atomic E-state index is 11.4. The highest BCUT2D eigenvalue weighted by Gasteiger charge is 2.39. The molecule has 0 heterocycles. The average molecular weight is 201 g/mol. The fourth-order valence-corrected chi connectivity index (χ4v) is 1.89. The molecule has 0 spiro atoms. The summed E-state index contributed by atoms with van der Waals surface area (Å²) in [6.45, 7) is 2.00. The summed E-state index contributed by atoms with van der Waals surface area (Å²) in [6, 6.07) is -0.734. The van der Waals surface area contributed by atoms with E-state index < -0.39 is 17.9 Å². The molecule has 0 bridgehead atoms. The minimum atomic E-state index is -0.734. The van der Waals surface area contributed by atoms with Crippen LogP contribution in [0.15, 0.2) is 0 Å². The third-order valence-electron chi connectivity index (χ3n) is 2.59. The van der Waals surface area contributed by atoms with Gasteiger partial charge in [-0.25, -0.2) is 0 Å². The van der Waals surface area contributed by atoms with Crippen LogP contribution in [-0.2, 0) is 9.53 Å². The molecule has 1 saturated carbocycles. The van der Waals surface area contributed by atoms with Crippen LogP contribution in [0.4, 0.5) is 0 Å². The highest BCUT2D eigenvalue weighted by Crippen LogP contribution is 2.27. The van der Waals surface area contributed by atoms with Crippen LogP contribution >= 0.6 is 0 Å². The van der Waals surface area contributed by atoms with Gasteiger partial charge in [0.25, 0.3) is 0 Å². The summed E-state index contributed by atoms with van der Waals surface area (Å²) >= 11 is 0. The van der Waals surface area contributed by atoms with Gasteiger partial charge < -0.3 is 4.74 Å². The van der Waals surface area contributed by atoms with E-state index in [9.17, 15) is 14.9 Å². The van der Waals surface area contributed by atoms with Crippen molar-refractivity contribution in [2.75, 3.05) is 6.61 Å². The first kappa shape index (κ1) is 10.9. The minimum Gasteiger partial charge on any atom is -0.466 e. The van der Waals surface area contributed by atoms with Gasteiger partial charge in [-0.2, -0.15) is 0 Å². The van der Waals surface area contributed by atoms with Crippen molar-refractivity contribution in [3.05, 3.63) is 10.1 Å². The molecule has 0 radical (unpaired) electrons. The van der Waals surface area contributed by atoms with Gasteiger partial charge in [-0.15, -0.1) is 0 Å². The molecule has 1 rings (SSSR count). The van der Waals surface area contributed by atoms with Crippen molar-refractivity contribution < 1.29 is 14.5 Å². The van der Waals surface area contributed by atoms with Crippen LogP contribution < -0.4 is 0 Å². The zero-order chi connectivity index (χ0) is 10.6. The Bertz CT molecular complexity index is 229. The van der Waals surface area contributed by atoms with E-state index in [0.717, 1.165) is 12.8 Å². The van der Waals surface area contributed by atoms with Crippen molar-refractivity contribution in [1.82, 2.24) is 0 Å². The number of rotatable bonds is 3. The zero-order valence-corrected chi connectivity index (χ0v) is 8.27. The zero-order valence-electron chi connectivity index (χ0n) is 8.27. The molecule has 0 aliphatic heterocycles. The van der Waals surface area contributed by atoms with Crippen LogP contribution in [0.1, 0.15) is 32.6 Å². The molecule has 0 N–H and O–H groups in total. The Hall–Kier alpha value is -1.13. The molecule has 2 unspecified atom stereocenters. The topological polar surface area (TPSA) is 69.4 Å². The number of hydrogen-bond acceptors (Lipinski definition) is 4. The second-order valence-electron chi connectivity index (χ2n) is 3.50. The first-order valence-corrected chi connectivity index (χ1v) is 4.97. The number of hydrogen-bond donors (Lipinski definition) is 0. The third-order valence-corrected chi connectivity index (χ3v) is 2.59. The van der Waals surface area contributed by atoms with Crippen LogP contribution in [0.5, 0.6) is 0 Å². The molecule has 1 aliphatic carbocycles. The molecule has 0 amide bonds. The molecule has 0 saturated heterocycles. The van der Waals surface area contributed by atoms with E-state index >= 15 is 0 Å². The van der Waals surface area contributed by atoms with Gasteiger partial charge in [0, 0.05) is 11.3 Å². The number of carbonyl (C=O) groups is 1. The lowest BCUT2D eigenvalue weighted by atomic mass is 9.85. The van der Waals surface area contributed by atoms with Crippen molar-refractivity contribution in [3.8, 4) is 0 Å². The van der Waals surface area contributed by atoms with Crippen molar-refractivity contribution in [2.24, 2.45) is 5.92 Å². The van der Waals surface area contributed by atoms with Crippen LogP contribution in [0.2, 0.25) is 0 Å². The van der Waals surface area contributed by atoms with Crippen LogP contribution in [0.3, 0.4) is 0 Å². The first-order chi connectivity index (χ1) is 6.66. The molecule has 0 aromatic heterocycles. The number of carbonyl (C=O) groups excluding carboxylic acids is 1. The first-order valence-electron chi connectivity index (χ1n) is 4.97. The van der Waals surface area contributed by atoms with Crippen molar-refractivity contribution in [2.45, 2.75) is 38.6 Å². The lowest BCUT2D eigenvalue weighted by Gasteiger charge is -2.23. The van der Waals surface area contributed by atoms with Gasteiger partial charge in [-0.1, -0.05) is 6.42 Å². The Labute approximate surface area is 82.6 Å². The lowest BCUT2D eigenvalue weighted by molar-refractivity contribution is -0.533. The fourth-order valence-electron chi connectivity index (χ4n) is 1.89. The molecular weight excluding hydrogens is 186 g/mol. The van der Waals surface area contributed by atoms with E-state index in [2.05, 4.69) is 0 Å². The Morgan fingerprint density at radius 3 is 2.71 bits per heavy atom. The van der Waals surface area contributed by atoms with E-state index in [0.29, 0.717) is 19.4 Å². The summed E-state index contributed by atoms with van der Waals surface area (Å²) in [6.07, 6.45) is 2.80. The summed E-state index contributed by atoms with van der Waals surface area (Å²) in [5.74, 6) is -0.937. The Morgan fingerprint density at radius 1 is 1.50 bits per heavy atom. The van der Waals surface area contributed by atoms with Crippen LogP contribution in [0.25, 0.3) is 0 Å². The van der Waals surface area contributed by atoms with E-state index in [1.807, 2.05) is 0 Å². The number of nitro groups is 1. The molecule has 2 atom stereocenters. The second kappa shape index (κ2) is 4.93. The summed E-state index contributed by atoms with van der Waals surface area (Å²) < 4.78 is 4.82. The van der Waals surface area contributed by atoms with Crippen molar-refractivity contribution in [3.63, 3.8) is 0 Å². The van der Waals surface area contributed by atoms with E-state index in [1.54, 1.807) is 6.92 Å². The number of esters is 1. The minimum absolute atomic E-state index is 0.291. The maximum atomic E-state index is 11.4. The molecule has 1 aliphatic rings. The van der Waals surface area contributed by atoms with Crippen LogP contribution in [-0.4, -0.2) is 23.5 Å². The standard InChI is InChI=1S/C9H15NO4/c1-2-14-9(11)7-5-3-4-6-8(7)10(12)13/h7-8H,2-6H2,1H3. The molecule has 0 aromatic rings. The summed E-state index contributed by atoms with van der Waals surface area (Å²) in [7, 11) is 0. The molecule has 0 aromatic carbocycles. The highest BCUT2D eigenvalue weighted by atomic mass is 16.6. The normalized spacial score (nSPS) is 26.9. The molecule has 5 nitrogen and oxygen atoms in total. The molecular formula is C9H15NO4. The largest absolute Gasteiger partial charge is 0.466 e. The van der Waals surface area contributed by atoms with Gasteiger partial charge in [-0.05, 0) is 19.8 Å². The summed E-state index contributed by atoms with van der Waals surface area (Å²) in [5, 5.41) is 10.7. The molecule has 14 heavy (non-hydrogen) atoms. The van der Waals surface area contributed by atoms with E-state index in [-0.39, 0.29) is 4.92 Å². The van der Waals surface area contributed by atoms with Gasteiger partial charge in [-0.3, -0.25) is 14.9 Å². The highest BCUT2D eigenvalue weighted by molar-refractivity contribution is 5.73. The quantitative estimate of drug-likeness (QED) is 0.393. The Balaban J connectivity index is 2.62. The van der Waals surface area contributed by atoms with Gasteiger partial charge in [0.1, 0.15) is 5.92 Å². The van der Waals surface area contributed by atoms with Crippen molar-refractivity contribution in [1.29, 1.82) is 0 Å². The third kappa shape index (κ3) is 2.43. The summed E-state index contributed by atoms with van der Waals surface area (Å²) in [5.41, 5.74) is 0. The lowest BCUT2D eigenvalue weighted by Crippen LogP contribution is -2.38. The smallest absolute Gasteiger partial charge is 0.315 e. The summed E-state index contributed by atoms with van der Waals surface area (Å²) in [4.78, 5) is 21.7. The predicted octanol–water partition coefficient (Wildman–Crippen LogP) is 1.39. The Kier molecular flexibility index (Phi) is 3.85. The monoisotopic (exact) mass is 201 g/mol. The number of ether oxygens (including phenoxy) is 1.